The van der Waals surface area contributed by atoms with Crippen LogP contribution in [0.15, 0.2) is 72.8 Å². The lowest BCUT2D eigenvalue weighted by Crippen LogP contribution is -2.40. The van der Waals surface area contributed by atoms with Gasteiger partial charge in [0.05, 0.1) is 11.1 Å². The van der Waals surface area contributed by atoms with Crippen LogP contribution in [0.2, 0.25) is 0 Å². The second kappa shape index (κ2) is 11.5. The number of rotatable bonds is 8. The Morgan fingerprint density at radius 3 is 1.90 bits per heavy atom. The molecule has 204 valence electrons. The van der Waals surface area contributed by atoms with Gasteiger partial charge in [-0.1, -0.05) is 83.9 Å². The summed E-state index contributed by atoms with van der Waals surface area (Å²) in [6.45, 7) is 7.80. The first-order valence-electron chi connectivity index (χ1n) is 13.0. The topological polar surface area (TPSA) is 80.3 Å². The number of hydrogen-bond donors (Lipinski definition) is 0. The Hall–Kier alpha value is -3.17. The smallest absolute Gasteiger partial charge is 0.338 e. The SMILES string of the molecule is CCSC1(c2ccc(C)cc2)O[C@H]2O[C@@H](COC(=O)c3ccc(C)cc3)[C@H](OC(=O)c3ccc(C)cc3)[C@H]2O1. The fourth-order valence-electron chi connectivity index (χ4n) is 4.60. The van der Waals surface area contributed by atoms with Crippen LogP contribution in [0.4, 0.5) is 0 Å². The number of ether oxygens (including phenoxy) is 5. The quantitative estimate of drug-likeness (QED) is 0.332. The number of carbonyl (C=O) groups excluding carboxylic acids is 2. The van der Waals surface area contributed by atoms with Crippen LogP contribution in [0.3, 0.4) is 0 Å². The Morgan fingerprint density at radius 2 is 1.33 bits per heavy atom. The second-order valence-corrected chi connectivity index (χ2v) is 11.2. The molecule has 2 aliphatic rings. The van der Waals surface area contributed by atoms with Gasteiger partial charge in [0.1, 0.15) is 12.7 Å². The zero-order valence-corrected chi connectivity index (χ0v) is 23.2. The summed E-state index contributed by atoms with van der Waals surface area (Å²) >= 11 is 1.49. The molecule has 7 nitrogen and oxygen atoms in total. The molecule has 5 atom stereocenters. The predicted octanol–water partition coefficient (Wildman–Crippen LogP) is 5.70. The van der Waals surface area contributed by atoms with E-state index in [2.05, 4.69) is 0 Å². The minimum Gasteiger partial charge on any atom is -0.459 e. The number of fused-ring (bicyclic) bond motifs is 1. The molecule has 0 aliphatic carbocycles. The Kier molecular flexibility index (Phi) is 8.09. The first-order valence-corrected chi connectivity index (χ1v) is 14.0. The van der Waals surface area contributed by atoms with Gasteiger partial charge in [-0.3, -0.25) is 0 Å². The van der Waals surface area contributed by atoms with Gasteiger partial charge in [0.25, 0.3) is 0 Å². The maximum absolute atomic E-state index is 13.1. The predicted molar refractivity (Wildman–Crippen MR) is 147 cm³/mol. The van der Waals surface area contributed by atoms with Crippen LogP contribution in [-0.2, 0) is 28.8 Å². The molecule has 3 aromatic rings. The summed E-state index contributed by atoms with van der Waals surface area (Å²) in [7, 11) is 0. The third-order valence-corrected chi connectivity index (χ3v) is 7.86. The normalized spacial score (nSPS) is 25.7. The molecule has 2 saturated heterocycles. The molecular formula is C31H32O7S. The summed E-state index contributed by atoms with van der Waals surface area (Å²) in [5.74, 6) is -0.283. The van der Waals surface area contributed by atoms with Crippen LogP contribution in [-0.4, -0.2) is 48.9 Å². The van der Waals surface area contributed by atoms with E-state index in [1.165, 1.54) is 11.8 Å². The van der Waals surface area contributed by atoms with E-state index in [4.69, 9.17) is 23.7 Å². The molecular weight excluding hydrogens is 516 g/mol. The van der Waals surface area contributed by atoms with E-state index < -0.39 is 41.7 Å². The van der Waals surface area contributed by atoms with E-state index in [-0.39, 0.29) is 6.61 Å². The molecule has 39 heavy (non-hydrogen) atoms. The van der Waals surface area contributed by atoms with E-state index in [9.17, 15) is 9.59 Å². The van der Waals surface area contributed by atoms with Crippen molar-refractivity contribution in [1.29, 1.82) is 0 Å². The third-order valence-electron chi connectivity index (χ3n) is 6.77. The van der Waals surface area contributed by atoms with Crippen molar-refractivity contribution in [1.82, 2.24) is 0 Å². The number of thioether (sulfide) groups is 1. The van der Waals surface area contributed by atoms with E-state index >= 15 is 0 Å². The van der Waals surface area contributed by atoms with Gasteiger partial charge in [-0.15, -0.1) is 0 Å². The number of aryl methyl sites for hydroxylation is 3. The minimum atomic E-state index is -1.12. The van der Waals surface area contributed by atoms with E-state index in [1.807, 2.05) is 76.2 Å². The summed E-state index contributed by atoms with van der Waals surface area (Å²) in [5.41, 5.74) is 4.86. The summed E-state index contributed by atoms with van der Waals surface area (Å²) in [5, 5.41) is -1.12. The van der Waals surface area contributed by atoms with Gasteiger partial charge >= 0.3 is 11.9 Å². The minimum absolute atomic E-state index is 0.128. The van der Waals surface area contributed by atoms with Gasteiger partial charge in [-0.2, -0.15) is 0 Å². The highest BCUT2D eigenvalue weighted by Crippen LogP contribution is 2.50. The Morgan fingerprint density at radius 1 is 0.795 bits per heavy atom. The maximum atomic E-state index is 13.1. The largest absolute Gasteiger partial charge is 0.459 e. The van der Waals surface area contributed by atoms with Crippen molar-refractivity contribution in [2.75, 3.05) is 12.4 Å². The van der Waals surface area contributed by atoms with Crippen LogP contribution in [0.5, 0.6) is 0 Å². The maximum Gasteiger partial charge on any atom is 0.338 e. The highest BCUT2D eigenvalue weighted by atomic mass is 32.2. The van der Waals surface area contributed by atoms with Gasteiger partial charge < -0.3 is 23.7 Å². The lowest BCUT2D eigenvalue weighted by Gasteiger charge is -2.30. The number of hydrogen-bond acceptors (Lipinski definition) is 8. The van der Waals surface area contributed by atoms with Crippen molar-refractivity contribution in [3.05, 3.63) is 106 Å². The first kappa shape index (κ1) is 27.4. The highest BCUT2D eigenvalue weighted by Gasteiger charge is 2.60. The van der Waals surface area contributed by atoms with Crippen LogP contribution < -0.4 is 0 Å². The van der Waals surface area contributed by atoms with Crippen LogP contribution in [0.1, 0.15) is 49.9 Å². The molecule has 2 aliphatic heterocycles. The van der Waals surface area contributed by atoms with Crippen molar-refractivity contribution in [2.45, 2.75) is 57.4 Å². The number of carbonyl (C=O) groups is 2. The Balaban J connectivity index is 1.37. The average molecular weight is 549 g/mol. The molecule has 0 radical (unpaired) electrons. The molecule has 5 rings (SSSR count). The summed E-state index contributed by atoms with van der Waals surface area (Å²) in [6, 6.07) is 22.2. The molecule has 0 amide bonds. The molecule has 0 aromatic heterocycles. The molecule has 2 heterocycles. The van der Waals surface area contributed by atoms with E-state index in [0.29, 0.717) is 11.1 Å². The number of benzene rings is 3. The monoisotopic (exact) mass is 548 g/mol. The van der Waals surface area contributed by atoms with Crippen molar-refractivity contribution in [2.24, 2.45) is 0 Å². The fraction of sp³-hybridized carbons (Fsp3) is 0.355. The van der Waals surface area contributed by atoms with Crippen LogP contribution in [0, 0.1) is 20.8 Å². The fourth-order valence-corrected chi connectivity index (χ4v) is 5.62. The summed E-state index contributed by atoms with van der Waals surface area (Å²) in [4.78, 5) is 25.8. The van der Waals surface area contributed by atoms with Crippen molar-refractivity contribution in [3.63, 3.8) is 0 Å². The zero-order valence-electron chi connectivity index (χ0n) is 22.4. The third kappa shape index (κ3) is 5.89. The molecule has 0 saturated carbocycles. The van der Waals surface area contributed by atoms with Crippen LogP contribution >= 0.6 is 11.8 Å². The average Bonchev–Trinajstić information content (AvgIpc) is 3.43. The number of esters is 2. The van der Waals surface area contributed by atoms with Crippen LogP contribution in [0.25, 0.3) is 0 Å². The van der Waals surface area contributed by atoms with Gasteiger partial charge in [-0.25, -0.2) is 9.59 Å². The van der Waals surface area contributed by atoms with Crippen molar-refractivity contribution >= 4 is 23.7 Å². The standard InChI is InChI=1S/C31H32O7S/c1-5-39-31(24-16-10-21(4)11-17-24)37-27-26(36-29(33)23-14-8-20(3)9-15-23)25(35-30(27)38-31)18-34-28(32)22-12-6-19(2)7-13-22/h6-17,25-27,30H,5,18H2,1-4H3/t25-,26-,27+,30+,31?/m0/s1. The lowest BCUT2D eigenvalue weighted by molar-refractivity contribution is -0.195. The van der Waals surface area contributed by atoms with Gasteiger partial charge in [-0.05, 0) is 50.8 Å². The Labute approximate surface area is 232 Å². The van der Waals surface area contributed by atoms with E-state index in [1.54, 1.807) is 24.3 Å². The molecule has 8 heteroatoms. The summed E-state index contributed by atoms with van der Waals surface area (Å²) in [6.07, 6.45) is -3.17. The van der Waals surface area contributed by atoms with E-state index in [0.717, 1.165) is 28.0 Å². The molecule has 1 unspecified atom stereocenters. The molecule has 3 aromatic carbocycles. The molecule has 0 N–H and O–H groups in total. The van der Waals surface area contributed by atoms with Crippen molar-refractivity contribution in [3.8, 4) is 0 Å². The lowest BCUT2D eigenvalue weighted by atomic mass is 10.1. The molecule has 2 fully saturated rings. The Bertz CT molecular complexity index is 1310. The van der Waals surface area contributed by atoms with Gasteiger partial charge in [0.2, 0.25) is 5.12 Å². The zero-order chi connectivity index (χ0) is 27.6. The molecule has 0 spiro atoms. The highest BCUT2D eigenvalue weighted by molar-refractivity contribution is 7.99. The van der Waals surface area contributed by atoms with Gasteiger partial charge in [0.15, 0.2) is 18.5 Å². The van der Waals surface area contributed by atoms with Crippen molar-refractivity contribution < 1.29 is 33.3 Å². The first-order chi connectivity index (χ1) is 18.8. The second-order valence-electron chi connectivity index (χ2n) is 9.80. The van der Waals surface area contributed by atoms with Gasteiger partial charge in [0, 0.05) is 5.56 Å². The summed E-state index contributed by atoms with van der Waals surface area (Å²) < 4.78 is 30.7. The molecule has 0 bridgehead atoms.